The molecule has 0 aromatic heterocycles. The molecule has 112 valence electrons. The molecule has 0 bridgehead atoms. The van der Waals surface area contributed by atoms with Crippen LogP contribution in [0.1, 0.15) is 26.2 Å². The monoisotopic (exact) mass is 288 g/mol. The number of aliphatic carboxylic acids is 1. The first-order valence-electron chi connectivity index (χ1n) is 7.12. The first-order valence-corrected chi connectivity index (χ1v) is 7.12. The molecule has 0 aromatic carbocycles. The van der Waals surface area contributed by atoms with Gasteiger partial charge in [-0.2, -0.15) is 0 Å². The summed E-state index contributed by atoms with van der Waals surface area (Å²) in [6.45, 7) is 5.90. The van der Waals surface area contributed by atoms with Crippen molar-refractivity contribution in [3.05, 3.63) is 47.8 Å². The van der Waals surface area contributed by atoms with Crippen molar-refractivity contribution in [1.29, 1.82) is 0 Å². The van der Waals surface area contributed by atoms with Gasteiger partial charge in [0, 0.05) is 12.3 Å². The van der Waals surface area contributed by atoms with Gasteiger partial charge in [0.2, 0.25) is 0 Å². The quantitative estimate of drug-likeness (QED) is 0.790. The van der Waals surface area contributed by atoms with Gasteiger partial charge >= 0.3 is 5.97 Å². The largest absolute Gasteiger partial charge is 0.494 e. The number of carboxylic acids is 1. The molecule has 4 heteroatoms. The number of ether oxygens (including phenoxy) is 1. The Kier molecular flexibility index (Phi) is 4.78. The highest BCUT2D eigenvalue weighted by atomic mass is 16.5. The van der Waals surface area contributed by atoms with Crippen LogP contribution < -0.4 is 0 Å². The number of rotatable bonds is 5. The molecule has 0 radical (unpaired) electrons. The van der Waals surface area contributed by atoms with E-state index in [-0.39, 0.29) is 12.2 Å². The van der Waals surface area contributed by atoms with Gasteiger partial charge < -0.3 is 9.84 Å². The Bertz CT molecular complexity index is 551. The summed E-state index contributed by atoms with van der Waals surface area (Å²) in [4.78, 5) is 22.9. The molecule has 0 spiro atoms. The zero-order valence-corrected chi connectivity index (χ0v) is 12.2. The SMILES string of the molecule is C=CC1=CC=C(COC2=CC(C)C(=O)C(C(=O)O)C2)CC1. The van der Waals surface area contributed by atoms with Crippen LogP contribution in [-0.2, 0) is 14.3 Å². The van der Waals surface area contributed by atoms with Crippen molar-refractivity contribution in [3.8, 4) is 0 Å². The molecule has 21 heavy (non-hydrogen) atoms. The minimum absolute atomic E-state index is 0.152. The minimum atomic E-state index is -1.07. The lowest BCUT2D eigenvalue weighted by molar-refractivity contribution is -0.147. The van der Waals surface area contributed by atoms with Gasteiger partial charge in [0.1, 0.15) is 12.5 Å². The van der Waals surface area contributed by atoms with Crippen LogP contribution in [0.3, 0.4) is 0 Å². The number of ketones is 1. The molecular formula is C17H20O4. The summed E-state index contributed by atoms with van der Waals surface area (Å²) in [6, 6.07) is 0. The highest BCUT2D eigenvalue weighted by molar-refractivity contribution is 6.01. The van der Waals surface area contributed by atoms with Crippen LogP contribution in [0.5, 0.6) is 0 Å². The highest BCUT2D eigenvalue weighted by Crippen LogP contribution is 2.27. The van der Waals surface area contributed by atoms with E-state index in [0.717, 1.165) is 18.4 Å². The second-order valence-electron chi connectivity index (χ2n) is 5.48. The van der Waals surface area contributed by atoms with Crippen molar-refractivity contribution in [1.82, 2.24) is 0 Å². The van der Waals surface area contributed by atoms with Crippen LogP contribution in [0.15, 0.2) is 47.8 Å². The van der Waals surface area contributed by atoms with E-state index in [4.69, 9.17) is 9.84 Å². The smallest absolute Gasteiger partial charge is 0.314 e. The maximum Gasteiger partial charge on any atom is 0.314 e. The molecule has 0 aromatic rings. The Labute approximate surface area is 124 Å². The molecule has 2 aliphatic carbocycles. The van der Waals surface area contributed by atoms with E-state index in [9.17, 15) is 9.59 Å². The lowest BCUT2D eigenvalue weighted by atomic mass is 9.85. The van der Waals surface area contributed by atoms with Gasteiger partial charge in [0.05, 0.1) is 5.76 Å². The topological polar surface area (TPSA) is 63.6 Å². The Hall–Kier alpha value is -2.10. The molecule has 2 atom stereocenters. The summed E-state index contributed by atoms with van der Waals surface area (Å²) in [5.41, 5.74) is 2.37. The molecule has 2 rings (SSSR count). The molecule has 0 amide bonds. The molecule has 0 aliphatic heterocycles. The Balaban J connectivity index is 1.97. The average molecular weight is 288 g/mol. The molecule has 0 saturated carbocycles. The van der Waals surface area contributed by atoms with Crippen molar-refractivity contribution >= 4 is 11.8 Å². The fourth-order valence-electron chi connectivity index (χ4n) is 2.54. The third-order valence-corrected chi connectivity index (χ3v) is 3.90. The minimum Gasteiger partial charge on any atom is -0.494 e. The van der Waals surface area contributed by atoms with Crippen LogP contribution in [-0.4, -0.2) is 23.5 Å². The lowest BCUT2D eigenvalue weighted by Crippen LogP contribution is -2.32. The number of hydrogen-bond acceptors (Lipinski definition) is 3. The Morgan fingerprint density at radius 3 is 2.81 bits per heavy atom. The molecule has 2 unspecified atom stereocenters. The number of carbonyl (C=O) groups excluding carboxylic acids is 1. The van der Waals surface area contributed by atoms with Gasteiger partial charge in [0.25, 0.3) is 0 Å². The fourth-order valence-corrected chi connectivity index (χ4v) is 2.54. The van der Waals surface area contributed by atoms with Crippen LogP contribution >= 0.6 is 0 Å². The van der Waals surface area contributed by atoms with Crippen molar-refractivity contribution < 1.29 is 19.4 Å². The summed E-state index contributed by atoms with van der Waals surface area (Å²) in [5.74, 6) is -2.09. The highest BCUT2D eigenvalue weighted by Gasteiger charge is 2.34. The van der Waals surface area contributed by atoms with Crippen LogP contribution in [0, 0.1) is 11.8 Å². The van der Waals surface area contributed by atoms with E-state index in [2.05, 4.69) is 6.58 Å². The normalized spacial score (nSPS) is 25.6. The Morgan fingerprint density at radius 2 is 2.24 bits per heavy atom. The van der Waals surface area contributed by atoms with Gasteiger partial charge in [-0.1, -0.05) is 31.7 Å². The van der Waals surface area contributed by atoms with E-state index in [1.54, 1.807) is 13.0 Å². The van der Waals surface area contributed by atoms with E-state index < -0.39 is 17.8 Å². The van der Waals surface area contributed by atoms with Crippen molar-refractivity contribution in [2.24, 2.45) is 11.8 Å². The fraction of sp³-hybridized carbons (Fsp3) is 0.412. The van der Waals surface area contributed by atoms with Gasteiger partial charge in [-0.05, 0) is 30.1 Å². The lowest BCUT2D eigenvalue weighted by Gasteiger charge is -2.23. The number of carbonyl (C=O) groups is 2. The first kappa shape index (κ1) is 15.3. The summed E-state index contributed by atoms with van der Waals surface area (Å²) in [7, 11) is 0. The molecule has 2 aliphatic rings. The molecule has 1 N–H and O–H groups in total. The van der Waals surface area contributed by atoms with Gasteiger partial charge in [0.15, 0.2) is 5.78 Å². The number of hydrogen-bond donors (Lipinski definition) is 1. The predicted octanol–water partition coefficient (Wildman–Crippen LogP) is 3.03. The van der Waals surface area contributed by atoms with E-state index in [1.807, 2.05) is 18.2 Å². The van der Waals surface area contributed by atoms with E-state index in [0.29, 0.717) is 12.4 Å². The van der Waals surface area contributed by atoms with Crippen LogP contribution in [0.25, 0.3) is 0 Å². The molecule has 4 nitrogen and oxygen atoms in total. The molecule has 0 fully saturated rings. The predicted molar refractivity (Wildman–Crippen MR) is 79.5 cm³/mol. The summed E-state index contributed by atoms with van der Waals surface area (Å²) in [5, 5.41) is 9.09. The number of carboxylic acid groups (broad SMARTS) is 1. The molecule has 0 heterocycles. The second-order valence-corrected chi connectivity index (χ2v) is 5.48. The zero-order valence-electron chi connectivity index (χ0n) is 12.2. The van der Waals surface area contributed by atoms with Gasteiger partial charge in [-0.3, -0.25) is 9.59 Å². The van der Waals surface area contributed by atoms with Crippen LogP contribution in [0.2, 0.25) is 0 Å². The van der Waals surface area contributed by atoms with Gasteiger partial charge in [-0.25, -0.2) is 0 Å². The standard InChI is InChI=1S/C17H20O4/c1-3-12-4-6-13(7-5-12)10-21-14-8-11(2)16(18)15(9-14)17(19)20/h3-4,6,8,11,15H,1,5,7,9-10H2,2H3,(H,19,20). The Morgan fingerprint density at radius 1 is 1.48 bits per heavy atom. The summed E-state index contributed by atoms with van der Waals surface area (Å²) < 4.78 is 5.71. The number of allylic oxidation sites excluding steroid dienone is 6. The maximum absolute atomic E-state index is 11.8. The zero-order chi connectivity index (χ0) is 15.4. The van der Waals surface area contributed by atoms with Crippen molar-refractivity contribution in [2.75, 3.05) is 6.61 Å². The molecule has 0 saturated heterocycles. The number of Topliss-reactive ketones (excluding diaryl/α,β-unsaturated/α-hetero) is 1. The third kappa shape index (κ3) is 3.72. The van der Waals surface area contributed by atoms with E-state index >= 15 is 0 Å². The maximum atomic E-state index is 11.8. The van der Waals surface area contributed by atoms with Crippen molar-refractivity contribution in [3.63, 3.8) is 0 Å². The van der Waals surface area contributed by atoms with Gasteiger partial charge in [-0.15, -0.1) is 0 Å². The molecular weight excluding hydrogens is 268 g/mol. The summed E-state index contributed by atoms with van der Waals surface area (Å²) >= 11 is 0. The second kappa shape index (κ2) is 6.57. The van der Waals surface area contributed by atoms with Crippen molar-refractivity contribution in [2.45, 2.75) is 26.2 Å². The van der Waals surface area contributed by atoms with Crippen LogP contribution in [0.4, 0.5) is 0 Å². The third-order valence-electron chi connectivity index (χ3n) is 3.90. The summed E-state index contributed by atoms with van der Waals surface area (Å²) in [6.07, 6.45) is 9.65. The first-order chi connectivity index (χ1) is 10.0. The van der Waals surface area contributed by atoms with E-state index in [1.165, 1.54) is 5.57 Å². The average Bonchev–Trinajstić information content (AvgIpc) is 2.48.